The van der Waals surface area contributed by atoms with E-state index in [0.717, 1.165) is 22.6 Å². The number of carbonyl (C=O) groups excluding carboxylic acids is 1. The number of hydrogen-bond donors (Lipinski definition) is 5. The third-order valence-corrected chi connectivity index (χ3v) is 6.04. The molecule has 0 unspecified atom stereocenters. The zero-order valence-electron chi connectivity index (χ0n) is 17.1. The molecule has 0 spiro atoms. The van der Waals surface area contributed by atoms with Gasteiger partial charge in [0.1, 0.15) is 17.2 Å². The van der Waals surface area contributed by atoms with Crippen LogP contribution >= 0.6 is 11.3 Å². The number of anilines is 1. The van der Waals surface area contributed by atoms with Crippen LogP contribution in [0.2, 0.25) is 0 Å². The lowest BCUT2D eigenvalue weighted by Gasteiger charge is -2.12. The lowest BCUT2D eigenvalue weighted by atomic mass is 10.0. The highest BCUT2D eigenvalue weighted by molar-refractivity contribution is 7.15. The largest absolute Gasteiger partial charge is 0.508 e. The Hall–Kier alpha value is -4.30. The van der Waals surface area contributed by atoms with Crippen LogP contribution in [0.25, 0.3) is 21.6 Å². The molecule has 7 nitrogen and oxygen atoms in total. The minimum Gasteiger partial charge on any atom is -0.508 e. The highest BCUT2D eigenvalue weighted by Crippen LogP contribution is 2.40. The van der Waals surface area contributed by atoms with Crippen LogP contribution in [0.15, 0.2) is 72.8 Å². The standard InChI is InChI=1S/C25H19NO6S/c27-16-11-20(28)24(21(29)12-16)14-4-3-5-15(10-14)25(32)26-19-7-2-1-6-18(19)22-9-8-17(33-22)13-23(30)31/h1-12,27-29H,13H2,(H,26,32)(H,30,31). The van der Waals surface area contributed by atoms with Crippen molar-refractivity contribution in [1.82, 2.24) is 0 Å². The van der Waals surface area contributed by atoms with Gasteiger partial charge in [-0.2, -0.15) is 0 Å². The fourth-order valence-corrected chi connectivity index (χ4v) is 4.52. The predicted molar refractivity (Wildman–Crippen MR) is 126 cm³/mol. The van der Waals surface area contributed by atoms with Crippen LogP contribution in [0.5, 0.6) is 17.2 Å². The molecule has 166 valence electrons. The van der Waals surface area contributed by atoms with E-state index in [1.165, 1.54) is 17.4 Å². The zero-order valence-corrected chi connectivity index (χ0v) is 18.0. The normalized spacial score (nSPS) is 10.7. The van der Waals surface area contributed by atoms with Crippen molar-refractivity contribution in [3.63, 3.8) is 0 Å². The third-order valence-electron chi connectivity index (χ3n) is 4.92. The molecule has 8 heteroatoms. The van der Waals surface area contributed by atoms with E-state index in [1.807, 2.05) is 18.2 Å². The van der Waals surface area contributed by atoms with Crippen LogP contribution in [-0.4, -0.2) is 32.3 Å². The lowest BCUT2D eigenvalue weighted by molar-refractivity contribution is -0.136. The van der Waals surface area contributed by atoms with E-state index in [4.69, 9.17) is 5.11 Å². The first-order valence-corrected chi connectivity index (χ1v) is 10.7. The Morgan fingerprint density at radius 2 is 1.58 bits per heavy atom. The number of carbonyl (C=O) groups is 2. The van der Waals surface area contributed by atoms with Gasteiger partial charge in [-0.15, -0.1) is 11.3 Å². The van der Waals surface area contributed by atoms with Gasteiger partial charge in [0.15, 0.2) is 0 Å². The molecule has 0 fully saturated rings. The second-order valence-corrected chi connectivity index (χ2v) is 8.44. The molecule has 0 aliphatic heterocycles. The van der Waals surface area contributed by atoms with E-state index in [2.05, 4.69) is 5.32 Å². The molecule has 33 heavy (non-hydrogen) atoms. The number of carboxylic acids is 1. The molecule has 1 aromatic heterocycles. The topological polar surface area (TPSA) is 127 Å². The van der Waals surface area contributed by atoms with E-state index in [1.54, 1.807) is 36.4 Å². The summed E-state index contributed by atoms with van der Waals surface area (Å²) in [5.41, 5.74) is 2.13. The fraction of sp³-hybridized carbons (Fsp3) is 0.0400. The summed E-state index contributed by atoms with van der Waals surface area (Å²) in [6, 6.07) is 19.4. The zero-order chi connectivity index (χ0) is 23.5. The third kappa shape index (κ3) is 4.81. The van der Waals surface area contributed by atoms with E-state index in [-0.39, 0.29) is 29.2 Å². The average Bonchev–Trinajstić information content (AvgIpc) is 3.21. The number of phenolic OH excluding ortho intramolecular Hbond substituents is 3. The highest BCUT2D eigenvalue weighted by Gasteiger charge is 2.16. The highest BCUT2D eigenvalue weighted by atomic mass is 32.1. The number of benzene rings is 3. The summed E-state index contributed by atoms with van der Waals surface area (Å²) < 4.78 is 0. The second kappa shape index (κ2) is 9.05. The molecule has 0 atom stereocenters. The van der Waals surface area contributed by atoms with Crippen molar-refractivity contribution >= 4 is 28.9 Å². The summed E-state index contributed by atoms with van der Waals surface area (Å²) in [6.45, 7) is 0. The first kappa shape index (κ1) is 21.9. The molecule has 4 rings (SSSR count). The molecule has 4 aromatic rings. The number of aliphatic carboxylic acids is 1. The number of rotatable bonds is 6. The maximum atomic E-state index is 13.0. The van der Waals surface area contributed by atoms with Crippen molar-refractivity contribution < 1.29 is 30.0 Å². The molecule has 0 saturated carbocycles. The Balaban J connectivity index is 1.62. The number of hydrogen-bond acceptors (Lipinski definition) is 6. The van der Waals surface area contributed by atoms with Crippen molar-refractivity contribution in [2.75, 3.05) is 5.32 Å². The minimum absolute atomic E-state index is 0.0665. The Morgan fingerprint density at radius 3 is 2.30 bits per heavy atom. The smallest absolute Gasteiger partial charge is 0.308 e. The molecule has 0 radical (unpaired) electrons. The Morgan fingerprint density at radius 1 is 0.848 bits per heavy atom. The van der Waals surface area contributed by atoms with Crippen LogP contribution in [0.3, 0.4) is 0 Å². The number of amides is 1. The molecule has 0 saturated heterocycles. The first-order chi connectivity index (χ1) is 15.8. The van der Waals surface area contributed by atoms with E-state index >= 15 is 0 Å². The number of phenols is 3. The van der Waals surface area contributed by atoms with Crippen LogP contribution in [0, 0.1) is 0 Å². The number of aromatic hydroxyl groups is 3. The summed E-state index contributed by atoms with van der Waals surface area (Å²) in [5, 5.41) is 41.7. The molecule has 0 bridgehead atoms. The molecule has 5 N–H and O–H groups in total. The van der Waals surface area contributed by atoms with Gasteiger partial charge in [-0.25, -0.2) is 0 Å². The van der Waals surface area contributed by atoms with Crippen molar-refractivity contribution in [2.45, 2.75) is 6.42 Å². The Bertz CT molecular complexity index is 1340. The summed E-state index contributed by atoms with van der Waals surface area (Å²) >= 11 is 1.35. The number of nitrogens with one attached hydrogen (secondary N) is 1. The number of para-hydroxylation sites is 1. The maximum absolute atomic E-state index is 13.0. The van der Waals surface area contributed by atoms with Gasteiger partial charge >= 0.3 is 5.97 Å². The summed E-state index contributed by atoms with van der Waals surface area (Å²) in [6.07, 6.45) is -0.0665. The molecule has 0 aliphatic rings. The quantitative estimate of drug-likeness (QED) is 0.273. The van der Waals surface area contributed by atoms with Crippen molar-refractivity contribution in [2.24, 2.45) is 0 Å². The number of carboxylic acid groups (broad SMARTS) is 1. The van der Waals surface area contributed by atoms with Crippen LogP contribution in [0.4, 0.5) is 5.69 Å². The van der Waals surface area contributed by atoms with Gasteiger partial charge in [0.05, 0.1) is 12.0 Å². The van der Waals surface area contributed by atoms with Gasteiger partial charge in [0.2, 0.25) is 0 Å². The molecular formula is C25H19NO6S. The van der Waals surface area contributed by atoms with Gasteiger partial charge in [0.25, 0.3) is 5.91 Å². The summed E-state index contributed by atoms with van der Waals surface area (Å²) in [7, 11) is 0. The maximum Gasteiger partial charge on any atom is 0.308 e. The molecular weight excluding hydrogens is 442 g/mol. The van der Waals surface area contributed by atoms with Gasteiger partial charge in [-0.1, -0.05) is 30.3 Å². The Kier molecular flexibility index (Phi) is 6.01. The van der Waals surface area contributed by atoms with E-state index < -0.39 is 11.9 Å². The fourth-order valence-electron chi connectivity index (χ4n) is 3.48. The van der Waals surface area contributed by atoms with Gasteiger partial charge < -0.3 is 25.7 Å². The van der Waals surface area contributed by atoms with Crippen molar-refractivity contribution in [3.05, 3.63) is 83.2 Å². The molecule has 3 aromatic carbocycles. The SMILES string of the molecule is O=C(O)Cc1ccc(-c2ccccc2NC(=O)c2cccc(-c3c(O)cc(O)cc3O)c2)s1. The van der Waals surface area contributed by atoms with Crippen molar-refractivity contribution in [1.29, 1.82) is 0 Å². The first-order valence-electron chi connectivity index (χ1n) is 9.88. The van der Waals surface area contributed by atoms with Gasteiger partial charge in [0, 0.05) is 38.7 Å². The van der Waals surface area contributed by atoms with Crippen molar-refractivity contribution in [3.8, 4) is 38.8 Å². The second-order valence-electron chi connectivity index (χ2n) is 7.28. The van der Waals surface area contributed by atoms with Crippen LogP contribution < -0.4 is 5.32 Å². The minimum atomic E-state index is -0.907. The number of thiophene rings is 1. The average molecular weight is 461 g/mol. The monoisotopic (exact) mass is 461 g/mol. The molecule has 0 aliphatic carbocycles. The Labute approximate surface area is 192 Å². The molecule has 1 heterocycles. The van der Waals surface area contributed by atoms with E-state index in [0.29, 0.717) is 21.7 Å². The lowest BCUT2D eigenvalue weighted by Crippen LogP contribution is -2.12. The predicted octanol–water partition coefficient (Wildman–Crippen LogP) is 5.08. The summed E-state index contributed by atoms with van der Waals surface area (Å²) in [4.78, 5) is 25.5. The van der Waals surface area contributed by atoms with Gasteiger partial charge in [-0.05, 0) is 35.9 Å². The van der Waals surface area contributed by atoms with E-state index in [9.17, 15) is 24.9 Å². The molecule has 1 amide bonds. The van der Waals surface area contributed by atoms with Crippen LogP contribution in [-0.2, 0) is 11.2 Å². The van der Waals surface area contributed by atoms with Crippen LogP contribution in [0.1, 0.15) is 15.2 Å². The van der Waals surface area contributed by atoms with Gasteiger partial charge in [-0.3, -0.25) is 9.59 Å². The summed E-state index contributed by atoms with van der Waals surface area (Å²) in [5.74, 6) is -2.21.